The fourth-order valence-electron chi connectivity index (χ4n) is 1.89. The minimum atomic E-state index is -0.706. The van der Waals surface area contributed by atoms with Crippen molar-refractivity contribution in [3.63, 3.8) is 0 Å². The van der Waals surface area contributed by atoms with Crippen molar-refractivity contribution in [1.29, 1.82) is 0 Å². The van der Waals surface area contributed by atoms with Gasteiger partial charge in [-0.25, -0.2) is 0 Å². The third kappa shape index (κ3) is 3.69. The van der Waals surface area contributed by atoms with Crippen molar-refractivity contribution in [2.24, 2.45) is 0 Å². The highest BCUT2D eigenvalue weighted by molar-refractivity contribution is 9.10. The number of hydrogen-bond acceptors (Lipinski definition) is 5. The molecule has 1 atom stereocenters. The summed E-state index contributed by atoms with van der Waals surface area (Å²) in [7, 11) is 0. The second kappa shape index (κ2) is 6.85. The molecule has 0 spiro atoms. The predicted octanol–water partition coefficient (Wildman–Crippen LogP) is 3.65. The summed E-state index contributed by atoms with van der Waals surface area (Å²) in [5, 5.41) is 3.92. The summed E-state index contributed by atoms with van der Waals surface area (Å²) < 4.78 is 11.3. The van der Waals surface area contributed by atoms with E-state index in [1.807, 2.05) is 38.1 Å². The molecule has 1 aromatic heterocycles. The molecule has 0 N–H and O–H groups in total. The average molecular weight is 353 g/mol. The maximum absolute atomic E-state index is 12.3. The number of hydrogen-bond donors (Lipinski definition) is 0. The molecule has 0 amide bonds. The van der Waals surface area contributed by atoms with Crippen molar-refractivity contribution in [1.82, 2.24) is 10.1 Å². The Bertz CT molecular complexity index is 625. The van der Waals surface area contributed by atoms with Gasteiger partial charge in [-0.05, 0) is 24.6 Å². The van der Waals surface area contributed by atoms with Gasteiger partial charge in [0.15, 0.2) is 11.7 Å². The molecule has 21 heavy (non-hydrogen) atoms. The van der Waals surface area contributed by atoms with Crippen molar-refractivity contribution < 1.29 is 14.1 Å². The first-order chi connectivity index (χ1) is 10.0. The molecule has 5 nitrogen and oxygen atoms in total. The van der Waals surface area contributed by atoms with Crippen molar-refractivity contribution in [2.75, 3.05) is 6.61 Å². The van der Waals surface area contributed by atoms with Crippen molar-refractivity contribution in [3.8, 4) is 0 Å². The van der Waals surface area contributed by atoms with Crippen LogP contribution in [0, 0.1) is 0 Å². The monoisotopic (exact) mass is 352 g/mol. The maximum Gasteiger partial charge on any atom is 0.323 e. The van der Waals surface area contributed by atoms with Crippen LogP contribution in [0.3, 0.4) is 0 Å². The largest absolute Gasteiger partial charge is 0.465 e. The first kappa shape index (κ1) is 15.7. The van der Waals surface area contributed by atoms with Crippen LogP contribution in [0.15, 0.2) is 33.3 Å². The first-order valence-electron chi connectivity index (χ1n) is 6.78. The number of esters is 1. The van der Waals surface area contributed by atoms with Gasteiger partial charge in [0.05, 0.1) is 6.61 Å². The van der Waals surface area contributed by atoms with E-state index in [1.54, 1.807) is 6.92 Å². The van der Waals surface area contributed by atoms with Crippen molar-refractivity contribution in [3.05, 3.63) is 46.0 Å². The molecule has 0 radical (unpaired) electrons. The second-order valence-corrected chi connectivity index (χ2v) is 5.80. The van der Waals surface area contributed by atoms with Crippen LogP contribution in [0.5, 0.6) is 0 Å². The molecule has 0 saturated heterocycles. The zero-order valence-corrected chi connectivity index (χ0v) is 13.8. The third-order valence-electron chi connectivity index (χ3n) is 2.93. The number of aromatic nitrogens is 2. The van der Waals surface area contributed by atoms with Gasteiger partial charge in [0, 0.05) is 10.4 Å². The number of carbonyl (C=O) groups excluding carboxylic acids is 1. The summed E-state index contributed by atoms with van der Waals surface area (Å²) in [6.07, 6.45) is 0. The minimum absolute atomic E-state index is 0.132. The fraction of sp³-hybridized carbons (Fsp3) is 0.400. The summed E-state index contributed by atoms with van der Waals surface area (Å²) in [4.78, 5) is 16.6. The summed E-state index contributed by atoms with van der Waals surface area (Å²) in [5.41, 5.74) is 0.752. The Balaban J connectivity index is 2.42. The Labute approximate surface area is 131 Å². The van der Waals surface area contributed by atoms with E-state index in [0.29, 0.717) is 12.4 Å². The molecule has 1 unspecified atom stereocenters. The molecule has 0 bridgehead atoms. The summed E-state index contributed by atoms with van der Waals surface area (Å²) in [6.45, 7) is 6.00. The fourth-order valence-corrected chi connectivity index (χ4v) is 2.31. The van der Waals surface area contributed by atoms with Gasteiger partial charge in [0.1, 0.15) is 0 Å². The van der Waals surface area contributed by atoms with Crippen LogP contribution >= 0.6 is 15.9 Å². The Morgan fingerprint density at radius 2 is 2.19 bits per heavy atom. The lowest BCUT2D eigenvalue weighted by Crippen LogP contribution is -2.17. The molecule has 2 rings (SSSR count). The van der Waals surface area contributed by atoms with Crippen LogP contribution in [-0.2, 0) is 9.53 Å². The lowest BCUT2D eigenvalue weighted by molar-refractivity contribution is -0.144. The van der Waals surface area contributed by atoms with E-state index in [1.165, 1.54) is 0 Å². The molecule has 1 heterocycles. The van der Waals surface area contributed by atoms with Crippen molar-refractivity contribution >= 4 is 21.9 Å². The number of halogens is 1. The number of carbonyl (C=O) groups is 1. The normalized spacial score (nSPS) is 12.4. The van der Waals surface area contributed by atoms with Crippen LogP contribution in [0.25, 0.3) is 0 Å². The minimum Gasteiger partial charge on any atom is -0.465 e. The highest BCUT2D eigenvalue weighted by Crippen LogP contribution is 2.28. The van der Waals surface area contributed by atoms with E-state index in [-0.39, 0.29) is 11.8 Å². The van der Waals surface area contributed by atoms with Crippen LogP contribution < -0.4 is 0 Å². The SMILES string of the molecule is CCOC(=O)C(c1cccc(Br)c1)c1nc(C(C)C)no1. The first-order valence-corrected chi connectivity index (χ1v) is 7.57. The Morgan fingerprint density at radius 3 is 2.76 bits per heavy atom. The molecule has 0 aliphatic heterocycles. The maximum atomic E-state index is 12.3. The van der Waals surface area contributed by atoms with Crippen LogP contribution in [0.4, 0.5) is 0 Å². The molecule has 1 aromatic carbocycles. The quantitative estimate of drug-likeness (QED) is 0.768. The van der Waals surface area contributed by atoms with Gasteiger partial charge in [0.25, 0.3) is 0 Å². The molecule has 0 saturated carbocycles. The van der Waals surface area contributed by atoms with E-state index in [2.05, 4.69) is 26.1 Å². The van der Waals surface area contributed by atoms with Gasteiger partial charge in [0.2, 0.25) is 5.89 Å². The van der Waals surface area contributed by atoms with E-state index in [0.717, 1.165) is 10.0 Å². The van der Waals surface area contributed by atoms with Gasteiger partial charge < -0.3 is 9.26 Å². The Kier molecular flexibility index (Phi) is 5.12. The van der Waals surface area contributed by atoms with Crippen LogP contribution in [-0.4, -0.2) is 22.7 Å². The highest BCUT2D eigenvalue weighted by atomic mass is 79.9. The average Bonchev–Trinajstić information content (AvgIpc) is 2.89. The summed E-state index contributed by atoms with van der Waals surface area (Å²) in [5.74, 6) is -0.130. The second-order valence-electron chi connectivity index (χ2n) is 4.89. The van der Waals surface area contributed by atoms with Crippen LogP contribution in [0.1, 0.15) is 49.9 Å². The number of rotatable bonds is 5. The zero-order chi connectivity index (χ0) is 15.4. The smallest absolute Gasteiger partial charge is 0.323 e. The summed E-state index contributed by atoms with van der Waals surface area (Å²) in [6, 6.07) is 7.43. The number of benzene rings is 1. The number of nitrogens with zero attached hydrogens (tertiary/aromatic N) is 2. The van der Waals surface area contributed by atoms with Gasteiger partial charge in [-0.2, -0.15) is 4.98 Å². The molecule has 0 fully saturated rings. The molecule has 0 aliphatic carbocycles. The van der Waals surface area contributed by atoms with Gasteiger partial charge in [-0.1, -0.05) is 47.1 Å². The third-order valence-corrected chi connectivity index (χ3v) is 3.42. The standard InChI is InChI=1S/C15H17BrN2O3/c1-4-20-15(19)12(10-6-5-7-11(16)8-10)14-17-13(9(2)3)18-21-14/h5-9,12H,4H2,1-3H3. The van der Waals surface area contributed by atoms with Crippen LogP contribution in [0.2, 0.25) is 0 Å². The molecule has 112 valence electrons. The van der Waals surface area contributed by atoms with Crippen molar-refractivity contribution in [2.45, 2.75) is 32.6 Å². The lowest BCUT2D eigenvalue weighted by Gasteiger charge is -2.12. The van der Waals surface area contributed by atoms with Gasteiger partial charge in [-0.3, -0.25) is 4.79 Å². The zero-order valence-electron chi connectivity index (χ0n) is 12.2. The molecule has 2 aromatic rings. The van der Waals surface area contributed by atoms with Gasteiger partial charge >= 0.3 is 5.97 Å². The topological polar surface area (TPSA) is 65.2 Å². The summed E-state index contributed by atoms with van der Waals surface area (Å²) >= 11 is 3.40. The molecular weight excluding hydrogens is 336 g/mol. The molecular formula is C15H17BrN2O3. The Morgan fingerprint density at radius 1 is 1.43 bits per heavy atom. The lowest BCUT2D eigenvalue weighted by atomic mass is 9.99. The van der Waals surface area contributed by atoms with E-state index in [9.17, 15) is 4.79 Å². The van der Waals surface area contributed by atoms with E-state index < -0.39 is 11.9 Å². The molecule has 0 aliphatic rings. The predicted molar refractivity (Wildman–Crippen MR) is 81.0 cm³/mol. The molecule has 6 heteroatoms. The Hall–Kier alpha value is -1.69. The highest BCUT2D eigenvalue weighted by Gasteiger charge is 2.30. The number of ether oxygens (including phenoxy) is 1. The van der Waals surface area contributed by atoms with E-state index >= 15 is 0 Å². The van der Waals surface area contributed by atoms with Gasteiger partial charge in [-0.15, -0.1) is 0 Å². The van der Waals surface area contributed by atoms with E-state index in [4.69, 9.17) is 9.26 Å².